The Labute approximate surface area is 236 Å². The Morgan fingerprint density at radius 3 is 1.61 bits per heavy atom. The van der Waals surface area contributed by atoms with Gasteiger partial charge in [-0.2, -0.15) is 0 Å². The molecule has 0 rings (SSSR count). The number of rotatable bonds is 24. The van der Waals surface area contributed by atoms with Gasteiger partial charge in [-0.15, -0.1) is 12.4 Å². The third-order valence-corrected chi connectivity index (χ3v) is 6.41. The molecule has 0 aliphatic carbocycles. The summed E-state index contributed by atoms with van der Waals surface area (Å²) in [5, 5.41) is 2.43. The van der Waals surface area contributed by atoms with Gasteiger partial charge in [0.05, 0.1) is 14.2 Å². The van der Waals surface area contributed by atoms with Crippen LogP contribution in [0, 0.1) is 0 Å². The van der Waals surface area contributed by atoms with Crippen LogP contribution in [0.1, 0.15) is 122 Å². The average molecular weight is 565 g/mol. The zero-order valence-corrected chi connectivity index (χ0v) is 24.7. The van der Waals surface area contributed by atoms with Crippen molar-refractivity contribution in [3.63, 3.8) is 0 Å². The summed E-state index contributed by atoms with van der Waals surface area (Å²) in [7, 11) is 2.41. The summed E-state index contributed by atoms with van der Waals surface area (Å²) in [6, 6.07) is -2.17. The van der Waals surface area contributed by atoms with Crippen molar-refractivity contribution in [2.24, 2.45) is 5.73 Å². The van der Waals surface area contributed by atoms with Gasteiger partial charge in [-0.1, -0.05) is 96.8 Å². The number of esters is 3. The fourth-order valence-corrected chi connectivity index (χ4v) is 4.01. The van der Waals surface area contributed by atoms with Crippen LogP contribution in [0.3, 0.4) is 0 Å². The second kappa shape index (κ2) is 26.7. The minimum atomic E-state index is -1.13. The number of methoxy groups -OCH3 is 2. The molecule has 9 nitrogen and oxygen atoms in total. The molecule has 0 spiro atoms. The molecule has 0 aromatic carbocycles. The Balaban J connectivity index is 0. The molecule has 10 heteroatoms. The third kappa shape index (κ3) is 22.1. The first-order valence-electron chi connectivity index (χ1n) is 14.2. The average Bonchev–Trinajstić information content (AvgIpc) is 2.90. The smallest absolute Gasteiger partial charge is 0.328 e. The van der Waals surface area contributed by atoms with E-state index in [1.165, 1.54) is 91.3 Å². The highest BCUT2D eigenvalue weighted by Crippen LogP contribution is 2.14. The van der Waals surface area contributed by atoms with Crippen LogP contribution in [-0.4, -0.2) is 56.7 Å². The van der Waals surface area contributed by atoms with Crippen molar-refractivity contribution in [2.75, 3.05) is 20.8 Å². The Bertz CT molecular complexity index is 634. The molecule has 1 amide bonds. The molecule has 0 aromatic rings. The van der Waals surface area contributed by atoms with E-state index in [2.05, 4.69) is 21.7 Å². The molecule has 0 saturated carbocycles. The molecule has 0 aliphatic heterocycles. The van der Waals surface area contributed by atoms with Crippen LogP contribution >= 0.6 is 12.4 Å². The van der Waals surface area contributed by atoms with Crippen LogP contribution in [0.4, 0.5) is 0 Å². The van der Waals surface area contributed by atoms with E-state index in [9.17, 15) is 19.2 Å². The van der Waals surface area contributed by atoms with E-state index in [1.54, 1.807) is 0 Å². The molecule has 0 aromatic heterocycles. The van der Waals surface area contributed by atoms with Crippen molar-refractivity contribution in [2.45, 2.75) is 135 Å². The predicted molar refractivity (Wildman–Crippen MR) is 151 cm³/mol. The predicted octanol–water partition coefficient (Wildman–Crippen LogP) is 5.15. The number of ether oxygens (including phenoxy) is 3. The van der Waals surface area contributed by atoms with Gasteiger partial charge in [-0.3, -0.25) is 14.4 Å². The number of carbonyl (C=O) groups excluding carboxylic acids is 4. The number of hydrogen-bond donors (Lipinski definition) is 2. The molecule has 0 fully saturated rings. The topological polar surface area (TPSA) is 134 Å². The number of unbranched alkanes of at least 4 members (excludes halogenated alkanes) is 14. The van der Waals surface area contributed by atoms with Crippen molar-refractivity contribution in [1.82, 2.24) is 5.32 Å². The molecule has 0 heterocycles. The second-order valence-corrected chi connectivity index (χ2v) is 9.69. The molecule has 0 bridgehead atoms. The fourth-order valence-electron chi connectivity index (χ4n) is 4.01. The first-order valence-corrected chi connectivity index (χ1v) is 14.2. The van der Waals surface area contributed by atoms with Crippen molar-refractivity contribution in [1.29, 1.82) is 0 Å². The van der Waals surface area contributed by atoms with Gasteiger partial charge in [0.1, 0.15) is 18.7 Å². The zero-order chi connectivity index (χ0) is 27.7. The van der Waals surface area contributed by atoms with Gasteiger partial charge in [-0.25, -0.2) is 4.79 Å². The van der Waals surface area contributed by atoms with E-state index in [1.807, 2.05) is 0 Å². The lowest BCUT2D eigenvalue weighted by molar-refractivity contribution is -0.149. The van der Waals surface area contributed by atoms with Crippen LogP contribution < -0.4 is 11.1 Å². The van der Waals surface area contributed by atoms with Crippen molar-refractivity contribution >= 4 is 36.2 Å². The van der Waals surface area contributed by atoms with Gasteiger partial charge in [0.15, 0.2) is 0 Å². The highest BCUT2D eigenvalue weighted by Gasteiger charge is 2.26. The van der Waals surface area contributed by atoms with Crippen molar-refractivity contribution in [3.05, 3.63) is 0 Å². The van der Waals surface area contributed by atoms with Crippen LogP contribution in [0.25, 0.3) is 0 Å². The van der Waals surface area contributed by atoms with Gasteiger partial charge in [0.25, 0.3) is 0 Å². The standard InChI is InChI=1S/C28H52N2O7.ClH/c1-4-5-6-7-8-9-10-11-12-13-14-15-16-17-18-19-26(32)37-22-23(29)27(33)30-24(28(34)36-3)20-21-25(31)35-2;/h23-24H,4-22,29H2,1-3H3,(H,30,33);1H/t23-,24+;/m0./s1. The lowest BCUT2D eigenvalue weighted by Crippen LogP contribution is -2.50. The first kappa shape index (κ1) is 38.3. The summed E-state index contributed by atoms with van der Waals surface area (Å²) in [5.41, 5.74) is 5.79. The second-order valence-electron chi connectivity index (χ2n) is 9.69. The molecule has 2 atom stereocenters. The maximum Gasteiger partial charge on any atom is 0.328 e. The summed E-state index contributed by atoms with van der Waals surface area (Å²) >= 11 is 0. The van der Waals surface area contributed by atoms with E-state index in [0.29, 0.717) is 0 Å². The maximum atomic E-state index is 12.3. The molecule has 3 N–H and O–H groups in total. The zero-order valence-electron chi connectivity index (χ0n) is 23.9. The van der Waals surface area contributed by atoms with Crippen molar-refractivity contribution < 1.29 is 33.4 Å². The van der Waals surface area contributed by atoms with Gasteiger partial charge in [0, 0.05) is 12.8 Å². The van der Waals surface area contributed by atoms with Crippen LogP contribution in [0.5, 0.6) is 0 Å². The minimum Gasteiger partial charge on any atom is -0.469 e. The number of nitrogens with two attached hydrogens (primary N) is 1. The Kier molecular flexibility index (Phi) is 26.9. The Morgan fingerprint density at radius 1 is 0.684 bits per heavy atom. The Morgan fingerprint density at radius 2 is 1.16 bits per heavy atom. The third-order valence-electron chi connectivity index (χ3n) is 6.41. The highest BCUT2D eigenvalue weighted by molar-refractivity contribution is 5.88. The number of hydrogen-bond acceptors (Lipinski definition) is 8. The molecular formula is C28H53ClN2O7. The van der Waals surface area contributed by atoms with E-state index in [0.717, 1.165) is 19.3 Å². The van der Waals surface area contributed by atoms with E-state index >= 15 is 0 Å². The fraction of sp³-hybridized carbons (Fsp3) is 0.857. The first-order chi connectivity index (χ1) is 17.8. The molecule has 38 heavy (non-hydrogen) atoms. The lowest BCUT2D eigenvalue weighted by Gasteiger charge is -2.19. The van der Waals surface area contributed by atoms with Gasteiger partial charge in [-0.05, 0) is 12.8 Å². The van der Waals surface area contributed by atoms with Gasteiger partial charge >= 0.3 is 17.9 Å². The number of carbonyl (C=O) groups is 4. The quantitative estimate of drug-likeness (QED) is 0.0933. The van der Waals surface area contributed by atoms with Crippen molar-refractivity contribution in [3.8, 4) is 0 Å². The van der Waals surface area contributed by atoms with Gasteiger partial charge in [0.2, 0.25) is 5.91 Å². The van der Waals surface area contributed by atoms with E-state index in [4.69, 9.17) is 10.5 Å². The molecule has 0 unspecified atom stereocenters. The normalized spacial score (nSPS) is 12.1. The number of nitrogens with one attached hydrogen (secondary N) is 1. The summed E-state index contributed by atoms with van der Waals surface area (Å²) in [4.78, 5) is 47.4. The summed E-state index contributed by atoms with van der Waals surface area (Å²) in [5.74, 6) is -2.28. The molecule has 224 valence electrons. The maximum absolute atomic E-state index is 12.3. The minimum absolute atomic E-state index is 0. The highest BCUT2D eigenvalue weighted by atomic mass is 35.5. The van der Waals surface area contributed by atoms with Crippen LogP contribution in [0.2, 0.25) is 0 Å². The molecule has 0 radical (unpaired) electrons. The van der Waals surface area contributed by atoms with E-state index in [-0.39, 0.29) is 38.3 Å². The van der Waals surface area contributed by atoms with Gasteiger partial charge < -0.3 is 25.3 Å². The largest absolute Gasteiger partial charge is 0.469 e. The summed E-state index contributed by atoms with van der Waals surface area (Å²) in [6.45, 7) is 1.97. The van der Waals surface area contributed by atoms with Crippen LogP contribution in [0.15, 0.2) is 0 Å². The number of halogens is 1. The summed E-state index contributed by atoms with van der Waals surface area (Å²) < 4.78 is 14.3. The van der Waals surface area contributed by atoms with E-state index < -0.39 is 35.9 Å². The monoisotopic (exact) mass is 564 g/mol. The summed E-state index contributed by atoms with van der Waals surface area (Å²) in [6.07, 6.45) is 19.0. The SMILES string of the molecule is CCCCCCCCCCCCCCCCCC(=O)OC[C@H](N)C(=O)N[C@H](CCC(=O)OC)C(=O)OC.Cl. The lowest BCUT2D eigenvalue weighted by atomic mass is 10.0. The molecule has 0 saturated heterocycles. The molecular weight excluding hydrogens is 512 g/mol. The number of amides is 1. The Hall–Kier alpha value is -1.87. The van der Waals surface area contributed by atoms with Crippen LogP contribution in [-0.2, 0) is 33.4 Å². The molecule has 0 aliphatic rings.